The summed E-state index contributed by atoms with van der Waals surface area (Å²) in [5.41, 5.74) is 5.24. The van der Waals surface area contributed by atoms with Crippen molar-refractivity contribution < 1.29 is 9.59 Å². The second-order valence-electron chi connectivity index (χ2n) is 3.91. The summed E-state index contributed by atoms with van der Waals surface area (Å²) in [6.45, 7) is 0. The molecule has 2 N–H and O–H groups in total. The first kappa shape index (κ1) is 15.0. The Morgan fingerprint density at radius 2 is 1.27 bits per heavy atom. The molecule has 0 aliphatic rings. The minimum absolute atomic E-state index is 0.552. The van der Waals surface area contributed by atoms with E-state index in [0.717, 1.165) is 0 Å². The number of rotatable bonds is 4. The van der Waals surface area contributed by atoms with E-state index in [1.54, 1.807) is 48.8 Å². The van der Waals surface area contributed by atoms with Crippen LogP contribution in [0.5, 0.6) is 0 Å². The number of nitrogens with one attached hydrogen (secondary N) is 2. The van der Waals surface area contributed by atoms with E-state index in [-0.39, 0.29) is 0 Å². The quantitative estimate of drug-likeness (QED) is 0.473. The molecule has 2 heterocycles. The lowest BCUT2D eigenvalue weighted by molar-refractivity contribution is -0.139. The molecule has 22 heavy (non-hydrogen) atoms. The summed E-state index contributed by atoms with van der Waals surface area (Å²) in [5.74, 6) is -1.88. The zero-order valence-corrected chi connectivity index (χ0v) is 11.4. The molecule has 2 aromatic rings. The lowest BCUT2D eigenvalue weighted by Crippen LogP contribution is -2.35. The van der Waals surface area contributed by atoms with Gasteiger partial charge in [-0.2, -0.15) is 10.2 Å². The van der Waals surface area contributed by atoms with Gasteiger partial charge in [-0.3, -0.25) is 19.6 Å². The van der Waals surface area contributed by atoms with E-state index < -0.39 is 11.8 Å². The molecule has 0 aliphatic carbocycles. The third kappa shape index (κ3) is 4.93. The van der Waals surface area contributed by atoms with Gasteiger partial charge in [-0.05, 0) is 24.3 Å². The second kappa shape index (κ2) is 8.00. The highest BCUT2D eigenvalue weighted by Crippen LogP contribution is 1.88. The van der Waals surface area contributed by atoms with E-state index >= 15 is 0 Å². The molecule has 0 aromatic carbocycles. The van der Waals surface area contributed by atoms with Crippen LogP contribution in [0.4, 0.5) is 0 Å². The van der Waals surface area contributed by atoms with Crippen molar-refractivity contribution in [2.24, 2.45) is 10.2 Å². The molecule has 0 radical (unpaired) electrons. The average molecular weight is 296 g/mol. The van der Waals surface area contributed by atoms with Crippen LogP contribution in [0, 0.1) is 0 Å². The van der Waals surface area contributed by atoms with Crippen LogP contribution in [-0.4, -0.2) is 34.2 Å². The molecule has 0 spiro atoms. The predicted octanol–water partition coefficient (Wildman–Crippen LogP) is 0.0770. The van der Waals surface area contributed by atoms with E-state index in [2.05, 4.69) is 31.0 Å². The van der Waals surface area contributed by atoms with Gasteiger partial charge in [0, 0.05) is 12.4 Å². The van der Waals surface area contributed by atoms with Gasteiger partial charge in [0.05, 0.1) is 23.8 Å². The first-order valence-corrected chi connectivity index (χ1v) is 6.24. The van der Waals surface area contributed by atoms with Crippen LogP contribution < -0.4 is 10.9 Å². The van der Waals surface area contributed by atoms with Crippen molar-refractivity contribution in [3.63, 3.8) is 0 Å². The summed E-state index contributed by atoms with van der Waals surface area (Å²) in [5, 5.41) is 7.23. The van der Waals surface area contributed by atoms with Gasteiger partial charge in [0.25, 0.3) is 0 Å². The molecule has 0 fully saturated rings. The van der Waals surface area contributed by atoms with E-state index in [0.29, 0.717) is 11.4 Å². The monoisotopic (exact) mass is 296 g/mol. The third-order valence-electron chi connectivity index (χ3n) is 2.31. The Bertz CT molecular complexity index is 623. The maximum Gasteiger partial charge on any atom is 0.331 e. The molecular weight excluding hydrogens is 284 g/mol. The average Bonchev–Trinajstić information content (AvgIpc) is 2.56. The molecule has 2 rings (SSSR count). The van der Waals surface area contributed by atoms with Crippen molar-refractivity contribution in [3.8, 4) is 0 Å². The van der Waals surface area contributed by atoms with Crippen molar-refractivity contribution in [2.75, 3.05) is 0 Å². The number of nitrogens with zero attached hydrogens (tertiary/aromatic N) is 4. The van der Waals surface area contributed by atoms with Gasteiger partial charge in [-0.25, -0.2) is 10.9 Å². The minimum atomic E-state index is -0.939. The molecule has 8 nitrogen and oxygen atoms in total. The first-order valence-electron chi connectivity index (χ1n) is 6.24. The van der Waals surface area contributed by atoms with Gasteiger partial charge in [0.15, 0.2) is 0 Å². The van der Waals surface area contributed by atoms with Gasteiger partial charge < -0.3 is 0 Å². The van der Waals surface area contributed by atoms with Gasteiger partial charge in [0.1, 0.15) is 0 Å². The first-order chi connectivity index (χ1) is 10.8. The molecule has 8 heteroatoms. The highest BCUT2D eigenvalue weighted by Gasteiger charge is 2.10. The van der Waals surface area contributed by atoms with E-state index in [1.807, 2.05) is 0 Å². The fourth-order valence-electron chi connectivity index (χ4n) is 1.32. The number of amides is 2. The molecule has 0 unspecified atom stereocenters. The van der Waals surface area contributed by atoms with E-state index in [1.165, 1.54) is 12.4 Å². The topological polar surface area (TPSA) is 109 Å². The van der Waals surface area contributed by atoms with Gasteiger partial charge >= 0.3 is 11.8 Å². The zero-order chi connectivity index (χ0) is 15.6. The number of aromatic nitrogens is 2. The summed E-state index contributed by atoms with van der Waals surface area (Å²) in [6.07, 6.45) is 5.81. The van der Waals surface area contributed by atoms with Crippen LogP contribution in [0.2, 0.25) is 0 Å². The maximum absolute atomic E-state index is 11.4. The number of carbonyl (C=O) groups is 2. The Morgan fingerprint density at radius 3 is 1.64 bits per heavy atom. The second-order valence-corrected chi connectivity index (χ2v) is 3.91. The lowest BCUT2D eigenvalue weighted by Gasteiger charge is -1.97. The Balaban J connectivity index is 1.79. The van der Waals surface area contributed by atoms with Gasteiger partial charge in [-0.1, -0.05) is 12.1 Å². The summed E-state index contributed by atoms with van der Waals surface area (Å²) >= 11 is 0. The van der Waals surface area contributed by atoms with Crippen LogP contribution in [0.25, 0.3) is 0 Å². The Labute approximate surface area is 126 Å². The standard InChI is InChI=1S/C14H12N6O2/c21-13(19-17-9-11-5-1-3-7-15-11)14(22)20-18-10-12-6-2-4-8-16-12/h1-10H,(H,19,21)(H,20,22). The molecular formula is C14H12N6O2. The van der Waals surface area contributed by atoms with Crippen molar-refractivity contribution in [1.29, 1.82) is 0 Å². The lowest BCUT2D eigenvalue weighted by atomic mass is 10.4. The zero-order valence-electron chi connectivity index (χ0n) is 11.4. The largest absolute Gasteiger partial charge is 0.331 e. The Hall–Kier alpha value is -3.42. The smallest absolute Gasteiger partial charge is 0.262 e. The van der Waals surface area contributed by atoms with Crippen LogP contribution >= 0.6 is 0 Å². The molecule has 0 atom stereocenters. The number of carbonyl (C=O) groups excluding carboxylic acids is 2. The number of hydrogen-bond acceptors (Lipinski definition) is 6. The fourth-order valence-corrected chi connectivity index (χ4v) is 1.32. The number of pyridine rings is 2. The third-order valence-corrected chi connectivity index (χ3v) is 2.31. The molecule has 2 amide bonds. The SMILES string of the molecule is O=C(NN=Cc1ccccn1)C(=O)NN=Cc1ccccn1. The highest BCUT2D eigenvalue weighted by atomic mass is 16.2. The number of hydrazone groups is 2. The molecule has 110 valence electrons. The van der Waals surface area contributed by atoms with Crippen LogP contribution in [0.15, 0.2) is 59.0 Å². The Morgan fingerprint density at radius 1 is 0.818 bits per heavy atom. The van der Waals surface area contributed by atoms with Crippen molar-refractivity contribution >= 4 is 24.2 Å². The van der Waals surface area contributed by atoms with E-state index in [4.69, 9.17) is 0 Å². The Kier molecular flexibility index (Phi) is 5.45. The molecule has 0 saturated heterocycles. The number of hydrogen-bond donors (Lipinski definition) is 2. The molecule has 2 aromatic heterocycles. The summed E-state index contributed by atoms with van der Waals surface area (Å²) < 4.78 is 0. The van der Waals surface area contributed by atoms with Crippen molar-refractivity contribution in [2.45, 2.75) is 0 Å². The fraction of sp³-hybridized carbons (Fsp3) is 0. The van der Waals surface area contributed by atoms with Crippen LogP contribution in [0.1, 0.15) is 11.4 Å². The van der Waals surface area contributed by atoms with Gasteiger partial charge in [-0.15, -0.1) is 0 Å². The van der Waals surface area contributed by atoms with Crippen molar-refractivity contribution in [3.05, 3.63) is 60.2 Å². The summed E-state index contributed by atoms with van der Waals surface area (Å²) in [4.78, 5) is 30.8. The van der Waals surface area contributed by atoms with Gasteiger partial charge in [0.2, 0.25) is 0 Å². The van der Waals surface area contributed by atoms with Crippen molar-refractivity contribution in [1.82, 2.24) is 20.8 Å². The summed E-state index contributed by atoms with van der Waals surface area (Å²) in [7, 11) is 0. The van der Waals surface area contributed by atoms with Crippen LogP contribution in [0.3, 0.4) is 0 Å². The minimum Gasteiger partial charge on any atom is -0.262 e. The molecule has 0 saturated carbocycles. The summed E-state index contributed by atoms with van der Waals surface area (Å²) in [6, 6.07) is 10.5. The van der Waals surface area contributed by atoms with Crippen LogP contribution in [-0.2, 0) is 9.59 Å². The normalized spacial score (nSPS) is 10.7. The highest BCUT2D eigenvalue weighted by molar-refractivity contribution is 6.35. The van der Waals surface area contributed by atoms with E-state index in [9.17, 15) is 9.59 Å². The predicted molar refractivity (Wildman–Crippen MR) is 79.9 cm³/mol. The maximum atomic E-state index is 11.4. The molecule has 0 bridgehead atoms. The molecule has 0 aliphatic heterocycles.